The van der Waals surface area contributed by atoms with E-state index in [0.29, 0.717) is 39.1 Å². The summed E-state index contributed by atoms with van der Waals surface area (Å²) in [6.45, 7) is 3.24. The van der Waals surface area contributed by atoms with Crippen LogP contribution in [0.2, 0.25) is 5.02 Å². The summed E-state index contributed by atoms with van der Waals surface area (Å²) in [5.41, 5.74) is 2.02. The monoisotopic (exact) mass is 434 g/mol. The van der Waals surface area contributed by atoms with Gasteiger partial charge in [-0.3, -0.25) is 14.6 Å². The number of anilines is 2. The van der Waals surface area contributed by atoms with Crippen molar-refractivity contribution in [3.05, 3.63) is 64.4 Å². The zero-order valence-electron chi connectivity index (χ0n) is 15.9. The fraction of sp³-hybridized carbons (Fsp3) is 0.158. The fourth-order valence-corrected chi connectivity index (χ4v) is 4.47. The predicted molar refractivity (Wildman–Crippen MR) is 111 cm³/mol. The first-order valence-electron chi connectivity index (χ1n) is 8.50. The van der Waals surface area contributed by atoms with Crippen LogP contribution in [0, 0.1) is 13.8 Å². The number of carbonyl (C=O) groups is 1. The molecule has 0 bridgehead atoms. The van der Waals surface area contributed by atoms with Crippen LogP contribution in [0.3, 0.4) is 0 Å². The van der Waals surface area contributed by atoms with Crippen molar-refractivity contribution in [2.24, 2.45) is 0 Å². The van der Waals surface area contributed by atoms with E-state index in [1.165, 1.54) is 31.4 Å². The second-order valence-electron chi connectivity index (χ2n) is 6.25. The van der Waals surface area contributed by atoms with E-state index in [0.717, 1.165) is 0 Å². The summed E-state index contributed by atoms with van der Waals surface area (Å²) >= 11 is 6.06. The van der Waals surface area contributed by atoms with Gasteiger partial charge in [-0.15, -0.1) is 0 Å². The van der Waals surface area contributed by atoms with Gasteiger partial charge in [0.1, 0.15) is 10.6 Å². The SMILES string of the molecule is COc1ccc(NC(=O)c2ccc(NS(=O)(=O)c3c(C)n[nH]c3C)cc2)cc1Cl. The third-order valence-electron chi connectivity index (χ3n) is 4.14. The first-order chi connectivity index (χ1) is 13.7. The van der Waals surface area contributed by atoms with Gasteiger partial charge in [0, 0.05) is 16.9 Å². The number of aromatic nitrogens is 2. The Hall–Kier alpha value is -3.04. The molecule has 2 aromatic carbocycles. The molecule has 10 heteroatoms. The highest BCUT2D eigenvalue weighted by molar-refractivity contribution is 7.92. The molecule has 3 aromatic rings. The molecule has 0 unspecified atom stereocenters. The molecule has 0 spiro atoms. The molecule has 0 radical (unpaired) electrons. The van der Waals surface area contributed by atoms with E-state index in [1.807, 2.05) is 0 Å². The number of aromatic amines is 1. The molecule has 0 aliphatic rings. The minimum atomic E-state index is -3.80. The van der Waals surface area contributed by atoms with Crippen LogP contribution >= 0.6 is 11.6 Å². The summed E-state index contributed by atoms with van der Waals surface area (Å²) in [6.07, 6.45) is 0. The lowest BCUT2D eigenvalue weighted by atomic mass is 10.2. The van der Waals surface area contributed by atoms with Gasteiger partial charge in [0.2, 0.25) is 0 Å². The van der Waals surface area contributed by atoms with Gasteiger partial charge in [-0.2, -0.15) is 5.10 Å². The Kier molecular flexibility index (Phi) is 5.81. The van der Waals surface area contributed by atoms with E-state index >= 15 is 0 Å². The van der Waals surface area contributed by atoms with Crippen molar-refractivity contribution in [3.63, 3.8) is 0 Å². The molecule has 1 aromatic heterocycles. The molecule has 0 aliphatic carbocycles. The van der Waals surface area contributed by atoms with Crippen molar-refractivity contribution < 1.29 is 17.9 Å². The molecule has 0 fully saturated rings. The van der Waals surface area contributed by atoms with Crippen molar-refractivity contribution in [1.29, 1.82) is 0 Å². The topological polar surface area (TPSA) is 113 Å². The summed E-state index contributed by atoms with van der Waals surface area (Å²) in [7, 11) is -2.29. The zero-order chi connectivity index (χ0) is 21.2. The highest BCUT2D eigenvalue weighted by Crippen LogP contribution is 2.27. The summed E-state index contributed by atoms with van der Waals surface area (Å²) in [5, 5.41) is 9.65. The van der Waals surface area contributed by atoms with E-state index in [1.54, 1.807) is 32.0 Å². The number of nitrogens with one attached hydrogen (secondary N) is 3. The lowest BCUT2D eigenvalue weighted by molar-refractivity contribution is 0.102. The Bertz CT molecular complexity index is 1140. The van der Waals surface area contributed by atoms with Crippen LogP contribution < -0.4 is 14.8 Å². The van der Waals surface area contributed by atoms with Crippen LogP contribution in [0.1, 0.15) is 21.7 Å². The summed E-state index contributed by atoms with van der Waals surface area (Å²) in [4.78, 5) is 12.5. The van der Waals surface area contributed by atoms with E-state index in [9.17, 15) is 13.2 Å². The lowest BCUT2D eigenvalue weighted by Gasteiger charge is -2.10. The molecule has 3 N–H and O–H groups in total. The molecule has 0 aliphatic heterocycles. The quantitative estimate of drug-likeness (QED) is 0.547. The average Bonchev–Trinajstić information content (AvgIpc) is 3.01. The van der Waals surface area contributed by atoms with Gasteiger partial charge in [0.25, 0.3) is 15.9 Å². The van der Waals surface area contributed by atoms with Crippen molar-refractivity contribution in [2.75, 3.05) is 17.1 Å². The lowest BCUT2D eigenvalue weighted by Crippen LogP contribution is -2.15. The number of rotatable bonds is 6. The normalized spacial score (nSPS) is 11.2. The second-order valence-corrected chi connectivity index (χ2v) is 8.28. The first-order valence-corrected chi connectivity index (χ1v) is 10.4. The minimum Gasteiger partial charge on any atom is -0.495 e. The Labute approximate surface area is 173 Å². The van der Waals surface area contributed by atoms with Gasteiger partial charge in [0.05, 0.1) is 23.5 Å². The summed E-state index contributed by atoms with van der Waals surface area (Å²) in [5.74, 6) is 0.145. The highest BCUT2D eigenvalue weighted by atomic mass is 35.5. The molecule has 1 amide bonds. The van der Waals surface area contributed by atoms with E-state index in [2.05, 4.69) is 20.2 Å². The Morgan fingerprint density at radius 2 is 1.76 bits per heavy atom. The van der Waals surface area contributed by atoms with Crippen LogP contribution in [-0.4, -0.2) is 31.6 Å². The average molecular weight is 435 g/mol. The Balaban J connectivity index is 1.73. The molecule has 0 saturated carbocycles. The number of amides is 1. The number of carbonyl (C=O) groups excluding carboxylic acids is 1. The standard InChI is InChI=1S/C19H19ClN4O4S/c1-11-18(12(2)23-22-11)29(26,27)24-14-6-4-13(5-7-14)19(25)21-15-8-9-17(28-3)16(20)10-15/h4-10,24H,1-3H3,(H,21,25)(H,22,23). The van der Waals surface area contributed by atoms with Crippen LogP contribution in [-0.2, 0) is 10.0 Å². The van der Waals surface area contributed by atoms with E-state index in [-0.39, 0.29) is 10.8 Å². The molecular weight excluding hydrogens is 416 g/mol. The van der Waals surface area contributed by atoms with E-state index in [4.69, 9.17) is 16.3 Å². The van der Waals surface area contributed by atoms with Gasteiger partial charge in [-0.25, -0.2) is 8.42 Å². The van der Waals surface area contributed by atoms with Gasteiger partial charge in [0.15, 0.2) is 0 Å². The maximum Gasteiger partial charge on any atom is 0.265 e. The molecule has 0 atom stereocenters. The number of ether oxygens (including phenoxy) is 1. The van der Waals surface area contributed by atoms with Crippen LogP contribution in [0.15, 0.2) is 47.4 Å². The number of sulfonamides is 1. The molecule has 8 nitrogen and oxygen atoms in total. The number of hydrogen-bond donors (Lipinski definition) is 3. The number of methoxy groups -OCH3 is 1. The molecule has 1 heterocycles. The summed E-state index contributed by atoms with van der Waals surface area (Å²) < 4.78 is 32.7. The highest BCUT2D eigenvalue weighted by Gasteiger charge is 2.22. The fourth-order valence-electron chi connectivity index (χ4n) is 2.78. The summed E-state index contributed by atoms with van der Waals surface area (Å²) in [6, 6.07) is 11.0. The zero-order valence-corrected chi connectivity index (χ0v) is 17.5. The molecule has 152 valence electrons. The van der Waals surface area contributed by atoms with Crippen LogP contribution in [0.4, 0.5) is 11.4 Å². The number of H-pyrrole nitrogens is 1. The third kappa shape index (κ3) is 4.52. The number of aryl methyl sites for hydroxylation is 2. The van der Waals surface area contributed by atoms with Crippen molar-refractivity contribution in [3.8, 4) is 5.75 Å². The molecule has 0 saturated heterocycles. The number of halogens is 1. The van der Waals surface area contributed by atoms with Crippen molar-refractivity contribution in [1.82, 2.24) is 10.2 Å². The molecule has 29 heavy (non-hydrogen) atoms. The Morgan fingerprint density at radius 3 is 2.31 bits per heavy atom. The largest absolute Gasteiger partial charge is 0.495 e. The predicted octanol–water partition coefficient (Wildman–Crippen LogP) is 3.74. The van der Waals surface area contributed by atoms with Crippen molar-refractivity contribution >= 4 is 38.9 Å². The van der Waals surface area contributed by atoms with E-state index < -0.39 is 10.0 Å². The number of nitrogens with zero attached hydrogens (tertiary/aromatic N) is 1. The molecular formula is C19H19ClN4O4S. The number of benzene rings is 2. The van der Waals surface area contributed by atoms with Crippen LogP contribution in [0.5, 0.6) is 5.75 Å². The first kappa shape index (κ1) is 20.7. The number of hydrogen-bond acceptors (Lipinski definition) is 5. The van der Waals surface area contributed by atoms with Crippen LogP contribution in [0.25, 0.3) is 0 Å². The van der Waals surface area contributed by atoms with Gasteiger partial charge >= 0.3 is 0 Å². The maximum absolute atomic E-state index is 12.6. The van der Waals surface area contributed by atoms with Gasteiger partial charge in [-0.1, -0.05) is 11.6 Å². The van der Waals surface area contributed by atoms with Gasteiger partial charge in [-0.05, 0) is 56.3 Å². The molecule has 3 rings (SSSR count). The Morgan fingerprint density at radius 1 is 1.10 bits per heavy atom. The van der Waals surface area contributed by atoms with Crippen molar-refractivity contribution in [2.45, 2.75) is 18.7 Å². The minimum absolute atomic E-state index is 0.107. The second kappa shape index (κ2) is 8.14. The maximum atomic E-state index is 12.6. The third-order valence-corrected chi connectivity index (χ3v) is 6.08. The smallest absolute Gasteiger partial charge is 0.265 e. The van der Waals surface area contributed by atoms with Gasteiger partial charge < -0.3 is 10.1 Å².